The number of rotatable bonds is 6. The molecule has 0 spiro atoms. The van der Waals surface area contributed by atoms with E-state index >= 15 is 0 Å². The van der Waals surface area contributed by atoms with Crippen molar-refractivity contribution in [1.82, 2.24) is 9.80 Å². The molecule has 128 valence electrons. The first kappa shape index (κ1) is 17.7. The molecule has 1 aliphatic rings. The van der Waals surface area contributed by atoms with Gasteiger partial charge in [0.05, 0.1) is 4.92 Å². The number of nitrogens with one attached hydrogen (secondary N) is 1. The number of benzene rings is 1. The summed E-state index contributed by atoms with van der Waals surface area (Å²) in [6, 6.07) is 5.23. The third-order valence-corrected chi connectivity index (χ3v) is 4.53. The van der Waals surface area contributed by atoms with E-state index in [0.717, 1.165) is 44.8 Å². The van der Waals surface area contributed by atoms with Crippen LogP contribution in [0.3, 0.4) is 0 Å². The molecule has 6 heteroatoms. The lowest BCUT2D eigenvalue weighted by molar-refractivity contribution is -0.385. The summed E-state index contributed by atoms with van der Waals surface area (Å²) in [7, 11) is 2.17. The van der Waals surface area contributed by atoms with Crippen molar-refractivity contribution in [2.45, 2.75) is 32.7 Å². The standard InChI is InChI=1S/C17H28N4O2/c1-14-13-15(5-6-16(14)21(22)23)18-17(2,3)7-8-20-11-9-19(4)10-12-20/h5-6,13,18H,7-12H2,1-4H3. The molecule has 1 aromatic carbocycles. The molecule has 0 amide bonds. The summed E-state index contributed by atoms with van der Waals surface area (Å²) in [5.74, 6) is 0. The van der Waals surface area contributed by atoms with Crippen molar-refractivity contribution < 1.29 is 4.92 Å². The molecule has 1 N–H and O–H groups in total. The van der Waals surface area contributed by atoms with Gasteiger partial charge in [0, 0.05) is 55.6 Å². The number of anilines is 1. The van der Waals surface area contributed by atoms with Crippen molar-refractivity contribution in [3.8, 4) is 0 Å². The van der Waals surface area contributed by atoms with Crippen LogP contribution < -0.4 is 5.32 Å². The number of hydrogen-bond acceptors (Lipinski definition) is 5. The van der Waals surface area contributed by atoms with Gasteiger partial charge in [-0.2, -0.15) is 0 Å². The van der Waals surface area contributed by atoms with E-state index in [-0.39, 0.29) is 16.1 Å². The zero-order chi connectivity index (χ0) is 17.0. The highest BCUT2D eigenvalue weighted by molar-refractivity contribution is 5.54. The smallest absolute Gasteiger partial charge is 0.272 e. The molecule has 0 aliphatic carbocycles. The summed E-state index contributed by atoms with van der Waals surface area (Å²) in [6.45, 7) is 11.7. The minimum absolute atomic E-state index is 0.0497. The van der Waals surface area contributed by atoms with Crippen molar-refractivity contribution in [2.24, 2.45) is 0 Å². The Balaban J connectivity index is 1.90. The van der Waals surface area contributed by atoms with Crippen LogP contribution in [0.2, 0.25) is 0 Å². The summed E-state index contributed by atoms with van der Waals surface area (Å²) >= 11 is 0. The largest absolute Gasteiger partial charge is 0.380 e. The predicted octanol–water partition coefficient (Wildman–Crippen LogP) is 2.73. The maximum atomic E-state index is 10.9. The second-order valence-electron chi connectivity index (χ2n) is 7.16. The Morgan fingerprint density at radius 2 is 1.91 bits per heavy atom. The zero-order valence-corrected chi connectivity index (χ0v) is 14.6. The zero-order valence-electron chi connectivity index (χ0n) is 14.6. The van der Waals surface area contributed by atoms with Crippen molar-refractivity contribution in [3.63, 3.8) is 0 Å². The Labute approximate surface area is 138 Å². The van der Waals surface area contributed by atoms with Gasteiger partial charge in [-0.1, -0.05) is 0 Å². The van der Waals surface area contributed by atoms with Gasteiger partial charge in [-0.05, 0) is 46.4 Å². The fourth-order valence-corrected chi connectivity index (χ4v) is 2.90. The second kappa shape index (κ2) is 7.27. The number of piperazine rings is 1. The van der Waals surface area contributed by atoms with E-state index in [1.165, 1.54) is 0 Å². The van der Waals surface area contributed by atoms with Crippen molar-refractivity contribution in [2.75, 3.05) is 45.1 Å². The Hall–Kier alpha value is -1.66. The number of aryl methyl sites for hydroxylation is 1. The molecule has 0 radical (unpaired) electrons. The first-order valence-corrected chi connectivity index (χ1v) is 8.21. The number of likely N-dealkylation sites (N-methyl/N-ethyl adjacent to an activating group) is 1. The molecule has 0 aromatic heterocycles. The Morgan fingerprint density at radius 3 is 2.48 bits per heavy atom. The van der Waals surface area contributed by atoms with E-state index < -0.39 is 0 Å². The van der Waals surface area contributed by atoms with Crippen LogP contribution in [0.4, 0.5) is 11.4 Å². The predicted molar refractivity (Wildman–Crippen MR) is 94.1 cm³/mol. The van der Waals surface area contributed by atoms with Gasteiger partial charge in [0.1, 0.15) is 0 Å². The summed E-state index contributed by atoms with van der Waals surface area (Å²) in [4.78, 5) is 15.4. The average molecular weight is 320 g/mol. The van der Waals surface area contributed by atoms with Crippen molar-refractivity contribution >= 4 is 11.4 Å². The summed E-state index contributed by atoms with van der Waals surface area (Å²) < 4.78 is 0. The van der Waals surface area contributed by atoms with E-state index in [1.807, 2.05) is 6.07 Å². The highest BCUT2D eigenvalue weighted by Crippen LogP contribution is 2.25. The van der Waals surface area contributed by atoms with Crippen LogP contribution in [0.1, 0.15) is 25.8 Å². The van der Waals surface area contributed by atoms with Gasteiger partial charge in [-0.3, -0.25) is 10.1 Å². The van der Waals surface area contributed by atoms with Crippen LogP contribution in [0.15, 0.2) is 18.2 Å². The normalized spacial score (nSPS) is 17.2. The minimum Gasteiger partial charge on any atom is -0.380 e. The van der Waals surface area contributed by atoms with Crippen LogP contribution in [0.25, 0.3) is 0 Å². The lowest BCUT2D eigenvalue weighted by Gasteiger charge is -2.35. The van der Waals surface area contributed by atoms with Crippen LogP contribution >= 0.6 is 0 Å². The third kappa shape index (κ3) is 5.18. The molecule has 0 saturated carbocycles. The molecule has 0 atom stereocenters. The molecular formula is C17H28N4O2. The van der Waals surface area contributed by atoms with Gasteiger partial charge in [-0.25, -0.2) is 0 Å². The molecule has 1 fully saturated rings. The quantitative estimate of drug-likeness (QED) is 0.645. The highest BCUT2D eigenvalue weighted by Gasteiger charge is 2.21. The van der Waals surface area contributed by atoms with Crippen LogP contribution in [-0.2, 0) is 0 Å². The van der Waals surface area contributed by atoms with Gasteiger partial charge in [0.2, 0.25) is 0 Å². The van der Waals surface area contributed by atoms with Crippen LogP contribution in [-0.4, -0.2) is 60.0 Å². The molecular weight excluding hydrogens is 292 g/mol. The van der Waals surface area contributed by atoms with E-state index in [2.05, 4.69) is 36.0 Å². The van der Waals surface area contributed by atoms with Gasteiger partial charge >= 0.3 is 0 Å². The summed E-state index contributed by atoms with van der Waals surface area (Å²) in [6.07, 6.45) is 1.03. The molecule has 1 saturated heterocycles. The molecule has 0 unspecified atom stereocenters. The van der Waals surface area contributed by atoms with Crippen LogP contribution in [0, 0.1) is 17.0 Å². The Kier molecular flexibility index (Phi) is 5.59. The van der Waals surface area contributed by atoms with Gasteiger partial charge in [-0.15, -0.1) is 0 Å². The van der Waals surface area contributed by atoms with E-state index in [1.54, 1.807) is 19.1 Å². The van der Waals surface area contributed by atoms with E-state index in [0.29, 0.717) is 5.56 Å². The van der Waals surface area contributed by atoms with Gasteiger partial charge in [0.25, 0.3) is 5.69 Å². The molecule has 6 nitrogen and oxygen atoms in total. The number of nitro groups is 1. The topological polar surface area (TPSA) is 61.6 Å². The monoisotopic (exact) mass is 320 g/mol. The highest BCUT2D eigenvalue weighted by atomic mass is 16.6. The SMILES string of the molecule is Cc1cc(NC(C)(C)CCN2CCN(C)CC2)ccc1[N+](=O)[O-]. The Morgan fingerprint density at radius 1 is 1.26 bits per heavy atom. The second-order valence-corrected chi connectivity index (χ2v) is 7.16. The molecule has 1 aromatic rings. The van der Waals surface area contributed by atoms with Crippen molar-refractivity contribution in [3.05, 3.63) is 33.9 Å². The maximum absolute atomic E-state index is 10.9. The number of nitro benzene ring substituents is 1. The molecule has 2 rings (SSSR count). The van der Waals surface area contributed by atoms with Gasteiger partial charge < -0.3 is 15.1 Å². The summed E-state index contributed by atoms with van der Waals surface area (Å²) in [5.41, 5.74) is 1.75. The van der Waals surface area contributed by atoms with Gasteiger partial charge in [0.15, 0.2) is 0 Å². The fourth-order valence-electron chi connectivity index (χ4n) is 2.90. The van der Waals surface area contributed by atoms with E-state index in [4.69, 9.17) is 0 Å². The fraction of sp³-hybridized carbons (Fsp3) is 0.647. The van der Waals surface area contributed by atoms with E-state index in [9.17, 15) is 10.1 Å². The maximum Gasteiger partial charge on any atom is 0.272 e. The van der Waals surface area contributed by atoms with Crippen molar-refractivity contribution in [1.29, 1.82) is 0 Å². The molecule has 1 heterocycles. The Bertz CT molecular complexity index is 552. The first-order chi connectivity index (χ1) is 10.8. The molecule has 23 heavy (non-hydrogen) atoms. The lowest BCUT2D eigenvalue weighted by Crippen LogP contribution is -2.46. The van der Waals surface area contributed by atoms with Crippen LogP contribution in [0.5, 0.6) is 0 Å². The summed E-state index contributed by atoms with van der Waals surface area (Å²) in [5, 5.41) is 14.4. The lowest BCUT2D eigenvalue weighted by atomic mass is 9.99. The molecule has 1 aliphatic heterocycles. The number of hydrogen-bond donors (Lipinski definition) is 1. The first-order valence-electron chi connectivity index (χ1n) is 8.21. The minimum atomic E-state index is -0.336. The molecule has 0 bridgehead atoms. The average Bonchev–Trinajstić information content (AvgIpc) is 2.46. The number of nitrogens with zero attached hydrogens (tertiary/aromatic N) is 3. The third-order valence-electron chi connectivity index (χ3n) is 4.53.